The van der Waals surface area contributed by atoms with Crippen LogP contribution in [0.25, 0.3) is 30.9 Å². The van der Waals surface area contributed by atoms with Crippen molar-refractivity contribution >= 4 is 68.6 Å². The lowest BCUT2D eigenvalue weighted by atomic mass is 9.65. The Kier molecular flexibility index (Phi) is 23.1. The first-order valence-electron chi connectivity index (χ1n) is 32.0. The van der Waals surface area contributed by atoms with Gasteiger partial charge in [-0.1, -0.05) is 158 Å². The van der Waals surface area contributed by atoms with Crippen LogP contribution >= 0.6 is 45.3 Å². The van der Waals surface area contributed by atoms with E-state index < -0.39 is 12.6 Å². The average molecular weight is 1170 g/mol. The molecule has 0 fully saturated rings. The molecule has 442 valence electrons. The maximum absolute atomic E-state index is 16.3. The molecule has 0 radical (unpaired) electrons. The molecular formula is C68H100N2O6S4. The number of amides is 2. The van der Waals surface area contributed by atoms with Gasteiger partial charge in [0.05, 0.1) is 45.4 Å². The molecule has 4 aliphatic rings. The summed E-state index contributed by atoms with van der Waals surface area (Å²) >= 11 is 7.31. The first-order valence-corrected chi connectivity index (χ1v) is 35.4. The fourth-order valence-corrected chi connectivity index (χ4v) is 19.5. The van der Waals surface area contributed by atoms with Gasteiger partial charge in [-0.25, -0.2) is 0 Å². The van der Waals surface area contributed by atoms with Crippen molar-refractivity contribution in [2.75, 3.05) is 39.5 Å². The van der Waals surface area contributed by atoms with Gasteiger partial charge in [-0.05, 0) is 134 Å². The average Bonchev–Trinajstić information content (AvgIpc) is 4.35. The van der Waals surface area contributed by atoms with Gasteiger partial charge in [0.2, 0.25) is 0 Å². The van der Waals surface area contributed by atoms with Crippen molar-refractivity contribution in [2.24, 2.45) is 23.7 Å². The number of carbonyl (C=O) groups is 2. The quantitative estimate of drug-likeness (QED) is 0.0416. The maximum Gasteiger partial charge on any atom is 0.261 e. The second kappa shape index (κ2) is 29.2. The van der Waals surface area contributed by atoms with Crippen molar-refractivity contribution in [2.45, 2.75) is 235 Å². The molecule has 0 bridgehead atoms. The summed E-state index contributed by atoms with van der Waals surface area (Å²) in [6.07, 6.45) is 22.3. The Balaban J connectivity index is 1.39. The third-order valence-corrected chi connectivity index (χ3v) is 23.2. The monoisotopic (exact) mass is 1170 g/mol. The van der Waals surface area contributed by atoms with Crippen LogP contribution in [0.4, 0.5) is 0 Å². The first kappa shape index (κ1) is 63.1. The van der Waals surface area contributed by atoms with Crippen LogP contribution in [0.5, 0.6) is 0 Å². The minimum absolute atomic E-state index is 0.164. The summed E-state index contributed by atoms with van der Waals surface area (Å²) in [6, 6.07) is 9.79. The van der Waals surface area contributed by atoms with Gasteiger partial charge in [-0.2, -0.15) is 0 Å². The minimum Gasteiger partial charge on any atom is -0.351 e. The number of hydrogen-bond donors (Lipinski definition) is 0. The molecule has 0 N–H and O–H groups in total. The van der Waals surface area contributed by atoms with Gasteiger partial charge in [-0.15, -0.1) is 45.3 Å². The van der Waals surface area contributed by atoms with E-state index in [1.165, 1.54) is 119 Å². The first-order chi connectivity index (χ1) is 38.9. The number of hydrogen-bond acceptors (Lipinski definition) is 10. The van der Waals surface area contributed by atoms with E-state index in [0.29, 0.717) is 72.6 Å². The number of thiophene rings is 4. The summed E-state index contributed by atoms with van der Waals surface area (Å²) in [5.41, 5.74) is 7.81. The molecule has 2 amide bonds. The highest BCUT2D eigenvalue weighted by atomic mass is 32.1. The zero-order valence-corrected chi connectivity index (χ0v) is 54.6. The summed E-state index contributed by atoms with van der Waals surface area (Å²) in [7, 11) is 0. The topological polar surface area (TPSA) is 77.5 Å². The largest absolute Gasteiger partial charge is 0.351 e. The Hall–Kier alpha value is -2.94. The molecule has 4 aromatic heterocycles. The lowest BCUT2D eigenvalue weighted by Crippen LogP contribution is -2.39. The highest BCUT2D eigenvalue weighted by Crippen LogP contribution is 2.64. The zero-order valence-electron chi connectivity index (χ0n) is 51.3. The fourth-order valence-electron chi connectivity index (χ4n) is 14.5. The number of nitrogens with zero attached hydrogens (tertiary/aromatic N) is 2. The van der Waals surface area contributed by atoms with E-state index in [1.54, 1.807) is 22.7 Å². The predicted molar refractivity (Wildman–Crippen MR) is 340 cm³/mol. The van der Waals surface area contributed by atoms with E-state index in [1.807, 2.05) is 60.2 Å². The van der Waals surface area contributed by atoms with Gasteiger partial charge >= 0.3 is 0 Å². The Bertz CT molecular complexity index is 2490. The molecule has 8 nitrogen and oxygen atoms in total. The van der Waals surface area contributed by atoms with Crippen LogP contribution in [0, 0.1) is 23.7 Å². The van der Waals surface area contributed by atoms with Gasteiger partial charge in [-0.3, -0.25) is 9.59 Å². The van der Waals surface area contributed by atoms with Crippen molar-refractivity contribution in [3.05, 3.63) is 78.2 Å². The molecule has 0 spiro atoms. The summed E-state index contributed by atoms with van der Waals surface area (Å²) in [6.45, 7) is 28.8. The van der Waals surface area contributed by atoms with E-state index in [2.05, 4.69) is 90.4 Å². The van der Waals surface area contributed by atoms with Crippen molar-refractivity contribution in [3.63, 3.8) is 0 Å². The number of ether oxygens (including phenoxy) is 4. The van der Waals surface area contributed by atoms with Crippen molar-refractivity contribution in [3.8, 4) is 19.5 Å². The lowest BCUT2D eigenvalue weighted by molar-refractivity contribution is -0.151. The normalized spacial score (nSPS) is 20.0. The molecule has 4 atom stereocenters. The van der Waals surface area contributed by atoms with E-state index in [4.69, 9.17) is 18.9 Å². The molecule has 0 saturated carbocycles. The van der Waals surface area contributed by atoms with Gasteiger partial charge < -0.3 is 28.7 Å². The third kappa shape index (κ3) is 12.6. The standard InChI is InChI=1S/C68H100N2O6S4/c1-13-25-29-45(17-5)39-67(40-46(18-6)30-26-14-2)49-33-35-77-61(49)63-51(67)37-53(79-63)59-57-58(66(72)69(59)43-55(73-21-9)74-22-10)60(70(65(57)71)44-56(75-23-11)76-24-12)54-38-52-64(80-54)62-50(34-36-78-62)68(52,41-47(19-7)31-27-15-3)42-48(20-8)32-28-16-4/h33-38,45-48,55-56H,13-32,39-44H2,1-12H3. The highest BCUT2D eigenvalue weighted by Gasteiger charge is 2.54. The Labute approximate surface area is 499 Å². The Morgan fingerprint density at radius 3 is 1.02 bits per heavy atom. The number of carbonyl (C=O) groups excluding carboxylic acids is 2. The van der Waals surface area contributed by atoms with Gasteiger partial charge in [0.25, 0.3) is 11.8 Å². The minimum atomic E-state index is -0.677. The van der Waals surface area contributed by atoms with Gasteiger partial charge in [0.15, 0.2) is 12.6 Å². The fraction of sp³-hybridized carbons (Fsp3) is 0.676. The zero-order chi connectivity index (χ0) is 57.1. The smallest absolute Gasteiger partial charge is 0.261 e. The number of fused-ring (bicyclic) bond motifs is 7. The van der Waals surface area contributed by atoms with Crippen LogP contribution in [0.2, 0.25) is 0 Å². The van der Waals surface area contributed by atoms with Gasteiger partial charge in [0, 0.05) is 56.8 Å². The van der Waals surface area contributed by atoms with Crippen LogP contribution < -0.4 is 0 Å². The van der Waals surface area contributed by atoms with Crippen LogP contribution in [0.15, 0.2) is 46.2 Å². The van der Waals surface area contributed by atoms with Crippen molar-refractivity contribution < 1.29 is 28.5 Å². The predicted octanol–water partition coefficient (Wildman–Crippen LogP) is 19.5. The second-order valence-electron chi connectivity index (χ2n) is 23.6. The molecule has 4 unspecified atom stereocenters. The van der Waals surface area contributed by atoms with Crippen LogP contribution in [0.3, 0.4) is 0 Å². The number of rotatable bonds is 38. The molecule has 2 aliphatic heterocycles. The molecule has 80 heavy (non-hydrogen) atoms. The summed E-state index contributed by atoms with van der Waals surface area (Å²) < 4.78 is 25.3. The van der Waals surface area contributed by atoms with E-state index >= 15 is 9.59 Å². The lowest BCUT2D eigenvalue weighted by Gasteiger charge is -2.37. The second-order valence-corrected chi connectivity index (χ2v) is 27.6. The Morgan fingerprint density at radius 2 is 0.750 bits per heavy atom. The highest BCUT2D eigenvalue weighted by molar-refractivity contribution is 7.23. The summed E-state index contributed by atoms with van der Waals surface area (Å²) in [4.78, 5) is 43.6. The molecule has 0 saturated heterocycles. The van der Waals surface area contributed by atoms with Crippen molar-refractivity contribution in [1.29, 1.82) is 0 Å². The van der Waals surface area contributed by atoms with Crippen LogP contribution in [0.1, 0.15) is 244 Å². The van der Waals surface area contributed by atoms with Crippen molar-refractivity contribution in [1.82, 2.24) is 9.80 Å². The molecule has 4 aromatic rings. The number of unbranched alkanes of at least 4 members (excludes halogenated alkanes) is 4. The van der Waals surface area contributed by atoms with E-state index in [0.717, 1.165) is 61.1 Å². The SMILES string of the molecule is CCCCC(CC)CC1(CC(CC)CCCC)c2ccsc2-c2sc(C3=C4C(=O)N(CC(OCC)OCC)C(c5cc6c(s5)-c5sccc5C6(CC(CC)CCCC)CC(CC)CCCC)=C4C(=O)N3CC(OCC)OCC)cc21. The molecule has 12 heteroatoms. The van der Waals surface area contributed by atoms with Crippen LogP contribution in [-0.2, 0) is 39.4 Å². The Morgan fingerprint density at radius 1 is 0.438 bits per heavy atom. The molecule has 8 rings (SSSR count). The maximum atomic E-state index is 16.3. The third-order valence-electron chi connectivity index (χ3n) is 18.7. The molecule has 2 aliphatic carbocycles. The summed E-state index contributed by atoms with van der Waals surface area (Å²) in [5.74, 6) is 1.99. The molecule has 0 aromatic carbocycles. The molecular weight excluding hydrogens is 1070 g/mol. The van der Waals surface area contributed by atoms with Gasteiger partial charge in [0.1, 0.15) is 0 Å². The van der Waals surface area contributed by atoms with E-state index in [9.17, 15) is 0 Å². The molecule has 6 heterocycles. The van der Waals surface area contributed by atoms with Crippen LogP contribution in [-0.4, -0.2) is 73.7 Å². The summed E-state index contributed by atoms with van der Waals surface area (Å²) in [5, 5.41) is 4.63. The van der Waals surface area contributed by atoms with E-state index in [-0.39, 0.29) is 35.7 Å².